The molecule has 0 spiro atoms. The van der Waals surface area contributed by atoms with E-state index in [-0.39, 0.29) is 8.87 Å². The fourth-order valence-electron chi connectivity index (χ4n) is 2.42. The summed E-state index contributed by atoms with van der Waals surface area (Å²) in [5, 5.41) is 0. The highest BCUT2D eigenvalue weighted by Gasteiger charge is 2.28. The Balaban J connectivity index is 2.26. The summed E-state index contributed by atoms with van der Waals surface area (Å²) in [6.07, 6.45) is 0.379. The normalized spacial score (nSPS) is 18.2. The molecule has 7 nitrogen and oxygen atoms in total. The van der Waals surface area contributed by atoms with Gasteiger partial charge in [0.15, 0.2) is 0 Å². The van der Waals surface area contributed by atoms with Crippen molar-refractivity contribution < 1.29 is 17.5 Å². The molecule has 23 heavy (non-hydrogen) atoms. The summed E-state index contributed by atoms with van der Waals surface area (Å²) in [5.74, 6) is -1.33. The molecule has 0 aliphatic carbocycles. The van der Waals surface area contributed by atoms with Gasteiger partial charge in [0, 0.05) is 6.61 Å². The third kappa shape index (κ3) is 2.62. The SMILES string of the molecule is O=c1c(F)cn(S(=O)(=O)c2ccccc2)c(=O)n1C1CCCO1. The zero-order valence-electron chi connectivity index (χ0n) is 11.9. The lowest BCUT2D eigenvalue weighted by Crippen LogP contribution is -2.45. The van der Waals surface area contributed by atoms with Gasteiger partial charge < -0.3 is 4.74 Å². The average Bonchev–Trinajstić information content (AvgIpc) is 3.06. The van der Waals surface area contributed by atoms with Gasteiger partial charge in [-0.2, -0.15) is 8.36 Å². The van der Waals surface area contributed by atoms with E-state index in [1.807, 2.05) is 0 Å². The van der Waals surface area contributed by atoms with E-state index in [0.29, 0.717) is 30.2 Å². The van der Waals surface area contributed by atoms with Crippen LogP contribution in [0.25, 0.3) is 0 Å². The molecule has 0 N–H and O–H groups in total. The van der Waals surface area contributed by atoms with Crippen LogP contribution in [0, 0.1) is 5.82 Å². The number of nitrogens with zero attached hydrogens (tertiary/aromatic N) is 2. The van der Waals surface area contributed by atoms with Crippen molar-refractivity contribution in [3.8, 4) is 0 Å². The van der Waals surface area contributed by atoms with Crippen LogP contribution >= 0.6 is 0 Å². The molecule has 1 aromatic carbocycles. The molecule has 1 aliphatic heterocycles. The van der Waals surface area contributed by atoms with Crippen molar-refractivity contribution in [1.82, 2.24) is 8.54 Å². The van der Waals surface area contributed by atoms with Crippen LogP contribution in [0.2, 0.25) is 0 Å². The third-order valence-electron chi connectivity index (χ3n) is 3.54. The van der Waals surface area contributed by atoms with Gasteiger partial charge in [0.1, 0.15) is 6.23 Å². The van der Waals surface area contributed by atoms with Gasteiger partial charge in [-0.1, -0.05) is 18.2 Å². The van der Waals surface area contributed by atoms with Crippen LogP contribution in [0.4, 0.5) is 4.39 Å². The Morgan fingerprint density at radius 2 is 1.87 bits per heavy atom. The molecule has 1 unspecified atom stereocenters. The summed E-state index contributed by atoms with van der Waals surface area (Å²) in [7, 11) is -4.31. The zero-order chi connectivity index (χ0) is 16.6. The topological polar surface area (TPSA) is 87.4 Å². The molecule has 122 valence electrons. The van der Waals surface area contributed by atoms with Crippen LogP contribution in [-0.4, -0.2) is 23.6 Å². The number of rotatable bonds is 3. The predicted molar refractivity (Wildman–Crippen MR) is 78.2 cm³/mol. The van der Waals surface area contributed by atoms with Crippen molar-refractivity contribution in [2.24, 2.45) is 0 Å². The number of hydrogen-bond acceptors (Lipinski definition) is 5. The third-order valence-corrected chi connectivity index (χ3v) is 5.19. The second-order valence-corrected chi connectivity index (χ2v) is 6.83. The smallest absolute Gasteiger partial charge is 0.347 e. The lowest BCUT2D eigenvalue weighted by molar-refractivity contribution is 0.0487. The molecule has 1 fully saturated rings. The van der Waals surface area contributed by atoms with E-state index < -0.39 is 33.3 Å². The van der Waals surface area contributed by atoms with Crippen molar-refractivity contribution in [3.05, 3.63) is 63.2 Å². The van der Waals surface area contributed by atoms with Crippen LogP contribution in [0.1, 0.15) is 19.1 Å². The fourth-order valence-corrected chi connectivity index (χ4v) is 3.67. The number of ether oxygens (including phenoxy) is 1. The number of halogens is 1. The second-order valence-electron chi connectivity index (χ2n) is 5.02. The van der Waals surface area contributed by atoms with Gasteiger partial charge in [0.05, 0.1) is 11.1 Å². The second kappa shape index (κ2) is 5.74. The highest BCUT2D eigenvalue weighted by Crippen LogP contribution is 2.20. The summed E-state index contributed by atoms with van der Waals surface area (Å²) in [4.78, 5) is 24.2. The number of benzene rings is 1. The van der Waals surface area contributed by atoms with Crippen molar-refractivity contribution in [2.75, 3.05) is 6.61 Å². The van der Waals surface area contributed by atoms with Crippen LogP contribution in [0.3, 0.4) is 0 Å². The summed E-state index contributed by atoms with van der Waals surface area (Å²) in [5.41, 5.74) is -2.34. The van der Waals surface area contributed by atoms with Crippen LogP contribution in [0.15, 0.2) is 51.0 Å². The molecule has 1 saturated heterocycles. The van der Waals surface area contributed by atoms with E-state index in [4.69, 9.17) is 4.74 Å². The minimum atomic E-state index is -4.31. The van der Waals surface area contributed by atoms with Crippen LogP contribution in [-0.2, 0) is 14.8 Å². The van der Waals surface area contributed by atoms with Crippen LogP contribution < -0.4 is 11.2 Å². The molecule has 2 heterocycles. The molecular weight excluding hydrogens is 327 g/mol. The minimum Gasteiger partial charge on any atom is -0.358 e. The lowest BCUT2D eigenvalue weighted by atomic mass is 10.3. The van der Waals surface area contributed by atoms with Gasteiger partial charge in [-0.15, -0.1) is 0 Å². The van der Waals surface area contributed by atoms with Crippen molar-refractivity contribution in [1.29, 1.82) is 0 Å². The standard InChI is InChI=1S/C14H13FN2O5S/c15-11-9-16(23(20,21)10-5-2-1-3-6-10)14(19)17(13(11)18)12-7-4-8-22-12/h1-3,5-6,9,12H,4,7-8H2. The van der Waals surface area contributed by atoms with E-state index in [1.165, 1.54) is 24.3 Å². The number of aromatic nitrogens is 2. The average molecular weight is 340 g/mol. The van der Waals surface area contributed by atoms with Crippen molar-refractivity contribution in [3.63, 3.8) is 0 Å². The Hall–Kier alpha value is -2.26. The van der Waals surface area contributed by atoms with E-state index >= 15 is 0 Å². The molecule has 3 rings (SSSR count). The molecule has 2 aromatic rings. The molecular formula is C14H13FN2O5S. The molecule has 0 amide bonds. The molecule has 1 aliphatic rings. The molecule has 1 aromatic heterocycles. The van der Waals surface area contributed by atoms with E-state index in [2.05, 4.69) is 0 Å². The maximum atomic E-state index is 13.9. The van der Waals surface area contributed by atoms with Gasteiger partial charge in [-0.3, -0.25) is 4.79 Å². The summed E-state index contributed by atoms with van der Waals surface area (Å²) in [6, 6.07) is 7.12. The van der Waals surface area contributed by atoms with Gasteiger partial charge >= 0.3 is 5.69 Å². The van der Waals surface area contributed by atoms with Crippen molar-refractivity contribution in [2.45, 2.75) is 24.0 Å². The fraction of sp³-hybridized carbons (Fsp3) is 0.286. The molecule has 9 heteroatoms. The zero-order valence-corrected chi connectivity index (χ0v) is 12.7. The maximum Gasteiger partial charge on any atom is 0.347 e. The van der Waals surface area contributed by atoms with E-state index in [1.54, 1.807) is 6.07 Å². The van der Waals surface area contributed by atoms with Crippen LogP contribution in [0.5, 0.6) is 0 Å². The Labute approximate surface area is 130 Å². The Morgan fingerprint density at radius 1 is 1.17 bits per heavy atom. The largest absolute Gasteiger partial charge is 0.358 e. The first-order chi connectivity index (χ1) is 10.9. The first kappa shape index (κ1) is 15.6. The first-order valence-corrected chi connectivity index (χ1v) is 8.33. The lowest BCUT2D eigenvalue weighted by Gasteiger charge is -2.15. The highest BCUT2D eigenvalue weighted by atomic mass is 32.2. The summed E-state index contributed by atoms with van der Waals surface area (Å²) >= 11 is 0. The highest BCUT2D eigenvalue weighted by molar-refractivity contribution is 7.90. The Morgan fingerprint density at radius 3 is 2.48 bits per heavy atom. The molecule has 0 bridgehead atoms. The summed E-state index contributed by atoms with van der Waals surface area (Å²) in [6.45, 7) is 0.318. The quantitative estimate of drug-likeness (QED) is 0.821. The van der Waals surface area contributed by atoms with E-state index in [0.717, 1.165) is 0 Å². The van der Waals surface area contributed by atoms with Crippen molar-refractivity contribution >= 4 is 10.0 Å². The predicted octanol–water partition coefficient (Wildman–Crippen LogP) is 0.695. The van der Waals surface area contributed by atoms with E-state index in [9.17, 15) is 22.4 Å². The molecule has 1 atom stereocenters. The first-order valence-electron chi connectivity index (χ1n) is 6.89. The molecule has 0 radical (unpaired) electrons. The Bertz CT molecular complexity index is 943. The van der Waals surface area contributed by atoms with Gasteiger partial charge in [-0.25, -0.2) is 17.8 Å². The molecule has 0 saturated carbocycles. The summed E-state index contributed by atoms with van der Waals surface area (Å²) < 4.78 is 44.9. The monoisotopic (exact) mass is 340 g/mol. The van der Waals surface area contributed by atoms with Gasteiger partial charge in [0.25, 0.3) is 15.6 Å². The minimum absolute atomic E-state index is 0.181. The van der Waals surface area contributed by atoms with Gasteiger partial charge in [0.2, 0.25) is 5.82 Å². The number of hydrogen-bond donors (Lipinski definition) is 0. The Kier molecular flexibility index (Phi) is 3.90. The van der Waals surface area contributed by atoms with Gasteiger partial charge in [-0.05, 0) is 25.0 Å². The maximum absolute atomic E-state index is 13.9.